The third kappa shape index (κ3) is 4.09. The Morgan fingerprint density at radius 2 is 1.75 bits per heavy atom. The number of hydrogen-bond donors (Lipinski definition) is 0. The highest BCUT2D eigenvalue weighted by Gasteiger charge is 2.27. The minimum atomic E-state index is -3.36. The summed E-state index contributed by atoms with van der Waals surface area (Å²) in [5.41, 5.74) is 0. The summed E-state index contributed by atoms with van der Waals surface area (Å²) in [5, 5.41) is 0. The van der Waals surface area contributed by atoms with Gasteiger partial charge in [-0.2, -0.15) is 8.42 Å². The Kier molecular flexibility index (Phi) is 4.32. The summed E-state index contributed by atoms with van der Waals surface area (Å²) in [6, 6.07) is 0.219. The Balaban J connectivity index is 2.43. The summed E-state index contributed by atoms with van der Waals surface area (Å²) in [6.07, 6.45) is 3.84. The lowest BCUT2D eigenvalue weighted by atomic mass is 9.92. The van der Waals surface area contributed by atoms with Gasteiger partial charge in [-0.25, -0.2) is 0 Å². The predicted octanol–water partition coefficient (Wildman–Crippen LogP) is 0.752. The Morgan fingerprint density at radius 1 is 1.25 bits per heavy atom. The molecule has 0 aromatic heterocycles. The van der Waals surface area contributed by atoms with Gasteiger partial charge in [0.05, 0.1) is 12.4 Å². The molecule has 0 bridgehead atoms. The van der Waals surface area contributed by atoms with Crippen LogP contribution >= 0.6 is 0 Å². The molecular weight excluding hydrogens is 230 g/mol. The van der Waals surface area contributed by atoms with Crippen LogP contribution in [0.25, 0.3) is 0 Å². The summed E-state index contributed by atoms with van der Waals surface area (Å²) in [5.74, 6) is 0.0486. The normalized spacial score (nSPS) is 26.4. The van der Waals surface area contributed by atoms with E-state index in [-0.39, 0.29) is 18.1 Å². The number of carbonyl (C=O) groups excluding carboxylic acids is 1. The highest BCUT2D eigenvalue weighted by molar-refractivity contribution is 7.86. The van der Waals surface area contributed by atoms with Crippen LogP contribution in [0.4, 0.5) is 0 Å². The van der Waals surface area contributed by atoms with Crippen molar-refractivity contribution < 1.29 is 17.4 Å². The Hall–Kier alpha value is -0.620. The zero-order chi connectivity index (χ0) is 12.3. The van der Waals surface area contributed by atoms with Crippen LogP contribution in [0.5, 0.6) is 0 Å². The zero-order valence-electron chi connectivity index (χ0n) is 9.97. The van der Waals surface area contributed by atoms with Gasteiger partial charge in [0.25, 0.3) is 10.1 Å². The molecule has 0 radical (unpaired) electrons. The molecule has 0 unspecified atom stereocenters. The van der Waals surface area contributed by atoms with Gasteiger partial charge < -0.3 is 4.90 Å². The number of carbonyl (C=O) groups is 1. The Labute approximate surface area is 96.9 Å². The lowest BCUT2D eigenvalue weighted by Crippen LogP contribution is -2.39. The molecule has 0 atom stereocenters. The summed E-state index contributed by atoms with van der Waals surface area (Å²) in [6.45, 7) is 1.54. The van der Waals surface area contributed by atoms with E-state index in [1.54, 1.807) is 18.9 Å². The van der Waals surface area contributed by atoms with Crippen LogP contribution in [0.1, 0.15) is 32.6 Å². The van der Waals surface area contributed by atoms with E-state index < -0.39 is 10.1 Å². The van der Waals surface area contributed by atoms with Crippen molar-refractivity contribution >= 4 is 16.0 Å². The van der Waals surface area contributed by atoms with Crippen molar-refractivity contribution in [3.8, 4) is 0 Å². The molecule has 0 aromatic rings. The summed E-state index contributed by atoms with van der Waals surface area (Å²) in [7, 11) is -1.58. The van der Waals surface area contributed by atoms with E-state index in [1.807, 2.05) is 0 Å². The lowest BCUT2D eigenvalue weighted by Gasteiger charge is -2.33. The van der Waals surface area contributed by atoms with E-state index in [0.717, 1.165) is 19.1 Å². The van der Waals surface area contributed by atoms with Crippen LogP contribution in [0.2, 0.25) is 0 Å². The number of amides is 1. The van der Waals surface area contributed by atoms with Crippen molar-refractivity contribution in [2.45, 2.75) is 44.8 Å². The molecule has 0 spiro atoms. The van der Waals surface area contributed by atoms with Gasteiger partial charge in [-0.05, 0) is 25.7 Å². The second kappa shape index (κ2) is 5.14. The standard InChI is InChI=1S/C10H19NO4S/c1-8(12)11(2)9-4-6-10(7-5-9)15-16(3,13)14/h9-10H,4-7H2,1-3H3. The van der Waals surface area contributed by atoms with Crippen LogP contribution < -0.4 is 0 Å². The van der Waals surface area contributed by atoms with E-state index in [4.69, 9.17) is 4.18 Å². The molecule has 1 saturated carbocycles. The maximum atomic E-state index is 11.2. The van der Waals surface area contributed by atoms with Crippen molar-refractivity contribution in [2.75, 3.05) is 13.3 Å². The SMILES string of the molecule is CC(=O)N(C)C1CCC(OS(C)(=O)=O)CC1. The van der Waals surface area contributed by atoms with Crippen LogP contribution in [0.3, 0.4) is 0 Å². The van der Waals surface area contributed by atoms with Crippen LogP contribution in [-0.4, -0.2) is 44.7 Å². The quantitative estimate of drug-likeness (QED) is 0.692. The Bertz CT molecular complexity index is 344. The van der Waals surface area contributed by atoms with Gasteiger partial charge in [0.2, 0.25) is 5.91 Å². The molecule has 6 heteroatoms. The van der Waals surface area contributed by atoms with Crippen LogP contribution in [0.15, 0.2) is 0 Å². The molecule has 1 aliphatic carbocycles. The molecule has 0 N–H and O–H groups in total. The van der Waals surface area contributed by atoms with Gasteiger partial charge in [-0.1, -0.05) is 0 Å². The molecule has 5 nitrogen and oxygen atoms in total. The smallest absolute Gasteiger partial charge is 0.264 e. The van der Waals surface area contributed by atoms with E-state index in [1.165, 1.54) is 0 Å². The minimum Gasteiger partial charge on any atom is -0.343 e. The first kappa shape index (κ1) is 13.4. The molecule has 0 heterocycles. The molecule has 1 rings (SSSR count). The fourth-order valence-electron chi connectivity index (χ4n) is 2.03. The molecule has 0 saturated heterocycles. The molecular formula is C10H19NO4S. The topological polar surface area (TPSA) is 63.7 Å². The van der Waals surface area contributed by atoms with Gasteiger partial charge in [0.1, 0.15) is 0 Å². The maximum absolute atomic E-state index is 11.2. The minimum absolute atomic E-state index is 0.0486. The van der Waals surface area contributed by atoms with Gasteiger partial charge in [0, 0.05) is 20.0 Å². The monoisotopic (exact) mass is 249 g/mol. The first-order valence-corrected chi connectivity index (χ1v) is 7.23. The van der Waals surface area contributed by atoms with Gasteiger partial charge in [0.15, 0.2) is 0 Å². The first-order valence-electron chi connectivity index (χ1n) is 5.41. The van der Waals surface area contributed by atoms with Crippen molar-refractivity contribution in [1.82, 2.24) is 4.90 Å². The average molecular weight is 249 g/mol. The number of hydrogen-bond acceptors (Lipinski definition) is 4. The average Bonchev–Trinajstić information content (AvgIpc) is 2.15. The molecule has 0 aromatic carbocycles. The van der Waals surface area contributed by atoms with Gasteiger partial charge in [-0.3, -0.25) is 8.98 Å². The second-order valence-electron chi connectivity index (χ2n) is 4.36. The first-order chi connectivity index (χ1) is 7.29. The van der Waals surface area contributed by atoms with Gasteiger partial charge in [-0.15, -0.1) is 0 Å². The fraction of sp³-hybridized carbons (Fsp3) is 0.900. The van der Waals surface area contributed by atoms with Crippen LogP contribution in [0, 0.1) is 0 Å². The largest absolute Gasteiger partial charge is 0.343 e. The number of rotatable bonds is 3. The second-order valence-corrected chi connectivity index (χ2v) is 5.96. The number of nitrogens with zero attached hydrogens (tertiary/aromatic N) is 1. The van der Waals surface area contributed by atoms with Crippen molar-refractivity contribution in [3.05, 3.63) is 0 Å². The molecule has 94 valence electrons. The van der Waals surface area contributed by atoms with Crippen molar-refractivity contribution in [3.63, 3.8) is 0 Å². The lowest BCUT2D eigenvalue weighted by molar-refractivity contribution is -0.130. The summed E-state index contributed by atoms with van der Waals surface area (Å²) < 4.78 is 26.8. The third-order valence-corrected chi connectivity index (χ3v) is 3.62. The zero-order valence-corrected chi connectivity index (χ0v) is 10.8. The fourth-order valence-corrected chi connectivity index (χ4v) is 2.72. The third-order valence-electron chi connectivity index (χ3n) is 3.00. The Morgan fingerprint density at radius 3 is 2.12 bits per heavy atom. The molecule has 0 aliphatic heterocycles. The van der Waals surface area contributed by atoms with Gasteiger partial charge >= 0.3 is 0 Å². The van der Waals surface area contributed by atoms with E-state index in [9.17, 15) is 13.2 Å². The molecule has 1 amide bonds. The highest BCUT2D eigenvalue weighted by Crippen LogP contribution is 2.25. The van der Waals surface area contributed by atoms with Crippen molar-refractivity contribution in [2.24, 2.45) is 0 Å². The van der Waals surface area contributed by atoms with Crippen LogP contribution in [-0.2, 0) is 19.1 Å². The maximum Gasteiger partial charge on any atom is 0.264 e. The molecule has 1 fully saturated rings. The van der Waals surface area contributed by atoms with Crippen molar-refractivity contribution in [1.29, 1.82) is 0 Å². The summed E-state index contributed by atoms with van der Waals surface area (Å²) >= 11 is 0. The summed E-state index contributed by atoms with van der Waals surface area (Å²) in [4.78, 5) is 12.9. The highest BCUT2D eigenvalue weighted by atomic mass is 32.2. The van der Waals surface area contributed by atoms with E-state index >= 15 is 0 Å². The molecule has 16 heavy (non-hydrogen) atoms. The van der Waals surface area contributed by atoms with E-state index in [0.29, 0.717) is 12.8 Å². The molecule has 1 aliphatic rings. The van der Waals surface area contributed by atoms with E-state index in [2.05, 4.69) is 0 Å². The predicted molar refractivity (Wildman–Crippen MR) is 60.4 cm³/mol.